The molecule has 0 bridgehead atoms. The second-order valence-corrected chi connectivity index (χ2v) is 5.44. The van der Waals surface area contributed by atoms with E-state index in [4.69, 9.17) is 9.47 Å². The van der Waals surface area contributed by atoms with E-state index in [1.807, 2.05) is 32.9 Å². The second-order valence-electron chi connectivity index (χ2n) is 5.44. The van der Waals surface area contributed by atoms with Gasteiger partial charge in [-0.2, -0.15) is 0 Å². The lowest BCUT2D eigenvalue weighted by molar-refractivity contribution is -0.144. The summed E-state index contributed by atoms with van der Waals surface area (Å²) in [6.45, 7) is 6.20. The highest BCUT2D eigenvalue weighted by molar-refractivity contribution is 5.87. The number of benzene rings is 1. The van der Waals surface area contributed by atoms with E-state index >= 15 is 0 Å². The number of nitrogens with one attached hydrogen (secondary N) is 1. The van der Waals surface area contributed by atoms with Crippen molar-refractivity contribution in [2.24, 2.45) is 0 Å². The molecule has 1 heterocycles. The van der Waals surface area contributed by atoms with E-state index in [9.17, 15) is 9.59 Å². The molecule has 1 aliphatic rings. The summed E-state index contributed by atoms with van der Waals surface area (Å²) in [5, 5.41) is 2.78. The van der Waals surface area contributed by atoms with Gasteiger partial charge in [-0.1, -0.05) is 12.1 Å². The Morgan fingerprint density at radius 3 is 2.64 bits per heavy atom. The van der Waals surface area contributed by atoms with Gasteiger partial charge in [0.2, 0.25) is 12.0 Å². The lowest BCUT2D eigenvalue weighted by Crippen LogP contribution is -2.50. The van der Waals surface area contributed by atoms with Crippen molar-refractivity contribution < 1.29 is 19.1 Å². The van der Waals surface area contributed by atoms with Crippen LogP contribution in [0.15, 0.2) is 24.3 Å². The third-order valence-corrected chi connectivity index (χ3v) is 3.26. The molecule has 0 aromatic heterocycles. The van der Waals surface area contributed by atoms with Gasteiger partial charge >= 0.3 is 0 Å². The van der Waals surface area contributed by atoms with Crippen molar-refractivity contribution >= 4 is 11.8 Å². The zero-order chi connectivity index (χ0) is 16.1. The molecule has 1 atom stereocenters. The SMILES string of the molecule is CCN(CC(=O)NC(C)C)C(=O)[C@H]1COc2ccccc2O1. The number of hydrogen-bond acceptors (Lipinski definition) is 4. The number of para-hydroxylation sites is 2. The molecule has 1 aromatic carbocycles. The highest BCUT2D eigenvalue weighted by Gasteiger charge is 2.31. The molecule has 0 saturated carbocycles. The Morgan fingerprint density at radius 2 is 2.00 bits per heavy atom. The van der Waals surface area contributed by atoms with Gasteiger partial charge in [0.1, 0.15) is 6.61 Å². The third-order valence-electron chi connectivity index (χ3n) is 3.26. The van der Waals surface area contributed by atoms with E-state index in [1.165, 1.54) is 4.90 Å². The minimum absolute atomic E-state index is 0.0228. The van der Waals surface area contributed by atoms with Gasteiger partial charge in [-0.15, -0.1) is 0 Å². The predicted octanol–water partition coefficient (Wildman–Crippen LogP) is 1.20. The monoisotopic (exact) mass is 306 g/mol. The molecule has 0 spiro atoms. The van der Waals surface area contributed by atoms with Crippen LogP contribution >= 0.6 is 0 Å². The first-order chi connectivity index (χ1) is 10.5. The molecule has 1 aromatic rings. The van der Waals surface area contributed by atoms with Crippen molar-refractivity contribution in [2.75, 3.05) is 19.7 Å². The van der Waals surface area contributed by atoms with E-state index in [0.717, 1.165) is 0 Å². The van der Waals surface area contributed by atoms with Crippen LogP contribution in [0.1, 0.15) is 20.8 Å². The average Bonchev–Trinajstić information content (AvgIpc) is 2.50. The molecule has 1 aliphatic heterocycles. The molecular formula is C16H22N2O4. The molecule has 1 N–H and O–H groups in total. The zero-order valence-corrected chi connectivity index (χ0v) is 13.2. The molecule has 0 unspecified atom stereocenters. The van der Waals surface area contributed by atoms with Gasteiger partial charge < -0.3 is 19.7 Å². The number of nitrogens with zero attached hydrogens (tertiary/aromatic N) is 1. The van der Waals surface area contributed by atoms with Gasteiger partial charge in [-0.05, 0) is 32.9 Å². The van der Waals surface area contributed by atoms with Crippen molar-refractivity contribution in [3.8, 4) is 11.5 Å². The van der Waals surface area contributed by atoms with Crippen molar-refractivity contribution in [1.82, 2.24) is 10.2 Å². The largest absolute Gasteiger partial charge is 0.485 e. The van der Waals surface area contributed by atoms with Crippen LogP contribution < -0.4 is 14.8 Å². The first kappa shape index (κ1) is 16.1. The van der Waals surface area contributed by atoms with Crippen molar-refractivity contribution in [3.63, 3.8) is 0 Å². The summed E-state index contributed by atoms with van der Waals surface area (Å²) in [5.41, 5.74) is 0. The number of carbonyl (C=O) groups excluding carboxylic acids is 2. The average molecular weight is 306 g/mol. The van der Waals surface area contributed by atoms with Gasteiger partial charge in [0.05, 0.1) is 6.54 Å². The highest BCUT2D eigenvalue weighted by atomic mass is 16.6. The van der Waals surface area contributed by atoms with Crippen LogP contribution in [0.4, 0.5) is 0 Å². The molecule has 22 heavy (non-hydrogen) atoms. The van der Waals surface area contributed by atoms with Crippen LogP contribution in [0, 0.1) is 0 Å². The number of carbonyl (C=O) groups is 2. The summed E-state index contributed by atoms with van der Waals surface area (Å²) in [6.07, 6.45) is -0.721. The van der Waals surface area contributed by atoms with Crippen molar-refractivity contribution in [1.29, 1.82) is 0 Å². The Hall–Kier alpha value is -2.24. The maximum absolute atomic E-state index is 12.5. The molecule has 0 saturated heterocycles. The van der Waals surface area contributed by atoms with Crippen LogP contribution in [0.25, 0.3) is 0 Å². The van der Waals surface area contributed by atoms with E-state index < -0.39 is 6.10 Å². The molecule has 0 aliphatic carbocycles. The normalized spacial score (nSPS) is 16.3. The number of ether oxygens (including phenoxy) is 2. The van der Waals surface area contributed by atoms with Crippen LogP contribution in [0.3, 0.4) is 0 Å². The minimum Gasteiger partial charge on any atom is -0.485 e. The van der Waals surface area contributed by atoms with Crippen LogP contribution in [-0.4, -0.2) is 48.6 Å². The molecule has 2 rings (SSSR count). The standard InChI is InChI=1S/C16H22N2O4/c1-4-18(9-15(19)17-11(2)3)16(20)14-10-21-12-7-5-6-8-13(12)22-14/h5-8,11,14H,4,9-10H2,1-3H3,(H,17,19)/t14-/m1/s1. The molecule has 0 radical (unpaired) electrons. The number of likely N-dealkylation sites (N-methyl/N-ethyl adjacent to an activating group) is 1. The third kappa shape index (κ3) is 3.90. The van der Waals surface area contributed by atoms with Gasteiger partial charge in [0.25, 0.3) is 5.91 Å². The number of amides is 2. The van der Waals surface area contributed by atoms with E-state index in [-0.39, 0.29) is 31.0 Å². The summed E-state index contributed by atoms with van der Waals surface area (Å²) < 4.78 is 11.2. The van der Waals surface area contributed by atoms with Crippen LogP contribution in [0.2, 0.25) is 0 Å². The Labute approximate surface area is 130 Å². The van der Waals surface area contributed by atoms with E-state index in [2.05, 4.69) is 5.32 Å². The van der Waals surface area contributed by atoms with Gasteiger partial charge in [0, 0.05) is 12.6 Å². The quantitative estimate of drug-likeness (QED) is 0.887. The summed E-state index contributed by atoms with van der Waals surface area (Å²) in [7, 11) is 0. The molecule has 6 heteroatoms. The number of rotatable bonds is 5. The summed E-state index contributed by atoms with van der Waals surface area (Å²) in [5.74, 6) is 0.764. The minimum atomic E-state index is -0.721. The lowest BCUT2D eigenvalue weighted by atomic mass is 10.2. The second kappa shape index (κ2) is 7.15. The summed E-state index contributed by atoms with van der Waals surface area (Å²) in [6, 6.07) is 7.27. The first-order valence-electron chi connectivity index (χ1n) is 7.48. The molecule has 120 valence electrons. The number of hydrogen-bond donors (Lipinski definition) is 1. The first-order valence-corrected chi connectivity index (χ1v) is 7.48. The van der Waals surface area contributed by atoms with Crippen molar-refractivity contribution in [2.45, 2.75) is 32.9 Å². The Bertz CT molecular complexity index is 545. The smallest absolute Gasteiger partial charge is 0.267 e. The van der Waals surface area contributed by atoms with Crippen molar-refractivity contribution in [3.05, 3.63) is 24.3 Å². The number of fused-ring (bicyclic) bond motifs is 1. The molecule has 2 amide bonds. The molecular weight excluding hydrogens is 284 g/mol. The summed E-state index contributed by atoms with van der Waals surface area (Å²) in [4.78, 5) is 25.8. The van der Waals surface area contributed by atoms with Gasteiger partial charge in [0.15, 0.2) is 11.5 Å². The topological polar surface area (TPSA) is 67.9 Å². The summed E-state index contributed by atoms with van der Waals surface area (Å²) >= 11 is 0. The lowest BCUT2D eigenvalue weighted by Gasteiger charge is -2.30. The van der Waals surface area contributed by atoms with Gasteiger partial charge in [-0.3, -0.25) is 9.59 Å². The van der Waals surface area contributed by atoms with Gasteiger partial charge in [-0.25, -0.2) is 0 Å². The Morgan fingerprint density at radius 1 is 1.32 bits per heavy atom. The van der Waals surface area contributed by atoms with Crippen LogP contribution in [0.5, 0.6) is 11.5 Å². The Kier molecular flexibility index (Phi) is 5.25. The molecule has 0 fully saturated rings. The fraction of sp³-hybridized carbons (Fsp3) is 0.500. The van der Waals surface area contributed by atoms with E-state index in [0.29, 0.717) is 18.0 Å². The Balaban J connectivity index is 1.99. The fourth-order valence-corrected chi connectivity index (χ4v) is 2.23. The maximum atomic E-state index is 12.5. The highest BCUT2D eigenvalue weighted by Crippen LogP contribution is 2.31. The zero-order valence-electron chi connectivity index (χ0n) is 13.2. The van der Waals surface area contributed by atoms with Crippen LogP contribution in [-0.2, 0) is 9.59 Å². The maximum Gasteiger partial charge on any atom is 0.267 e. The predicted molar refractivity (Wildman–Crippen MR) is 81.9 cm³/mol. The van der Waals surface area contributed by atoms with E-state index in [1.54, 1.807) is 12.1 Å². The fourth-order valence-electron chi connectivity index (χ4n) is 2.23. The molecule has 6 nitrogen and oxygen atoms in total.